The number of primary sulfonamides is 1. The number of hydrogen-bond donors (Lipinski definition) is 1. The van der Waals surface area contributed by atoms with E-state index in [0.717, 1.165) is 16.8 Å². The molecule has 5 rings (SSSR count). The van der Waals surface area contributed by atoms with Gasteiger partial charge >= 0.3 is 0 Å². The summed E-state index contributed by atoms with van der Waals surface area (Å²) in [5, 5.41) is 5.31. The zero-order chi connectivity index (χ0) is 21.8. The molecular weight excluding hydrogens is 410 g/mol. The van der Waals surface area contributed by atoms with E-state index in [4.69, 9.17) is 5.14 Å². The van der Waals surface area contributed by atoms with Crippen molar-refractivity contribution in [2.75, 3.05) is 4.90 Å². The van der Waals surface area contributed by atoms with Gasteiger partial charge in [0.1, 0.15) is 0 Å². The highest BCUT2D eigenvalue weighted by Crippen LogP contribution is 2.38. The summed E-state index contributed by atoms with van der Waals surface area (Å²) in [4.78, 5) is 19.8. The fourth-order valence-corrected chi connectivity index (χ4v) is 5.32. The SMILES string of the molecule is C[C@@H]1Cc2ccc(S(N)(=O)=O)cc2N1C(=O)[C@H]1Cc2ccc(-c3ccccn3)cc2C1. The van der Waals surface area contributed by atoms with E-state index in [1.54, 1.807) is 17.2 Å². The molecular formula is C24H23N3O3S. The highest BCUT2D eigenvalue weighted by molar-refractivity contribution is 7.89. The van der Waals surface area contributed by atoms with Gasteiger partial charge < -0.3 is 4.90 Å². The van der Waals surface area contributed by atoms with Crippen molar-refractivity contribution in [2.45, 2.75) is 37.1 Å². The zero-order valence-electron chi connectivity index (χ0n) is 17.2. The Morgan fingerprint density at radius 1 is 1.00 bits per heavy atom. The van der Waals surface area contributed by atoms with Gasteiger partial charge in [-0.15, -0.1) is 0 Å². The van der Waals surface area contributed by atoms with Crippen LogP contribution in [0.1, 0.15) is 23.6 Å². The number of carbonyl (C=O) groups is 1. The molecule has 0 unspecified atom stereocenters. The van der Waals surface area contributed by atoms with Gasteiger partial charge in [-0.3, -0.25) is 9.78 Å². The van der Waals surface area contributed by atoms with E-state index >= 15 is 0 Å². The van der Waals surface area contributed by atoms with Gasteiger partial charge in [0, 0.05) is 29.4 Å². The summed E-state index contributed by atoms with van der Waals surface area (Å²) in [5.74, 6) is -0.131. The summed E-state index contributed by atoms with van der Waals surface area (Å²) >= 11 is 0. The van der Waals surface area contributed by atoms with E-state index in [9.17, 15) is 13.2 Å². The molecule has 2 aliphatic rings. The fraction of sp³-hybridized carbons (Fsp3) is 0.250. The third-order valence-electron chi connectivity index (χ3n) is 6.29. The number of carbonyl (C=O) groups excluding carboxylic acids is 1. The van der Waals surface area contributed by atoms with Crippen molar-refractivity contribution in [1.29, 1.82) is 0 Å². The van der Waals surface area contributed by atoms with Crippen LogP contribution in [0.4, 0.5) is 5.69 Å². The van der Waals surface area contributed by atoms with Crippen LogP contribution in [0.25, 0.3) is 11.3 Å². The van der Waals surface area contributed by atoms with Gasteiger partial charge in [-0.1, -0.05) is 24.3 Å². The van der Waals surface area contributed by atoms with E-state index in [-0.39, 0.29) is 22.8 Å². The van der Waals surface area contributed by atoms with Crippen LogP contribution in [0.3, 0.4) is 0 Å². The lowest BCUT2D eigenvalue weighted by Crippen LogP contribution is -2.40. The van der Waals surface area contributed by atoms with Crippen molar-refractivity contribution in [3.05, 3.63) is 77.5 Å². The molecule has 0 saturated carbocycles. The quantitative estimate of drug-likeness (QED) is 0.687. The minimum absolute atomic E-state index is 0.0222. The Labute approximate surface area is 181 Å². The molecule has 2 atom stereocenters. The lowest BCUT2D eigenvalue weighted by molar-refractivity contribution is -0.122. The lowest BCUT2D eigenvalue weighted by atomic mass is 10.0. The van der Waals surface area contributed by atoms with Gasteiger partial charge in [0.15, 0.2) is 0 Å². The molecule has 0 spiro atoms. The molecule has 2 heterocycles. The average Bonchev–Trinajstić information content (AvgIpc) is 3.32. The molecule has 2 aromatic carbocycles. The smallest absolute Gasteiger partial charge is 0.238 e. The normalized spacial score (nSPS) is 19.9. The van der Waals surface area contributed by atoms with Crippen LogP contribution in [0.2, 0.25) is 0 Å². The summed E-state index contributed by atoms with van der Waals surface area (Å²) < 4.78 is 23.6. The molecule has 7 heteroatoms. The number of sulfonamides is 1. The zero-order valence-corrected chi connectivity index (χ0v) is 18.0. The Morgan fingerprint density at radius 3 is 2.52 bits per heavy atom. The maximum atomic E-state index is 13.5. The van der Waals surface area contributed by atoms with Crippen LogP contribution < -0.4 is 10.0 Å². The first-order chi connectivity index (χ1) is 14.8. The van der Waals surface area contributed by atoms with Crippen LogP contribution in [0, 0.1) is 5.92 Å². The van der Waals surface area contributed by atoms with Gasteiger partial charge in [0.2, 0.25) is 15.9 Å². The molecule has 158 valence electrons. The molecule has 1 aromatic heterocycles. The maximum absolute atomic E-state index is 13.5. The Balaban J connectivity index is 1.43. The first kappa shape index (κ1) is 19.9. The number of benzene rings is 2. The minimum atomic E-state index is -3.83. The number of nitrogens with zero attached hydrogens (tertiary/aromatic N) is 2. The molecule has 1 amide bonds. The van der Waals surface area contributed by atoms with E-state index in [1.807, 2.05) is 25.1 Å². The molecule has 2 N–H and O–H groups in total. The highest BCUT2D eigenvalue weighted by atomic mass is 32.2. The molecule has 1 aliphatic carbocycles. The monoisotopic (exact) mass is 433 g/mol. The molecule has 3 aromatic rings. The fourth-order valence-electron chi connectivity index (χ4n) is 4.78. The highest BCUT2D eigenvalue weighted by Gasteiger charge is 2.37. The standard InChI is InChI=1S/C24H23N3O3S/c1-15-10-18-7-8-21(31(25,29)30)14-23(18)27(15)24(28)20-11-16-5-6-17(12-19(16)13-20)22-4-2-3-9-26-22/h2-9,12,14-15,20H,10-11,13H2,1H3,(H2,25,29,30)/t15-,20+/m1/s1. The van der Waals surface area contributed by atoms with Crippen LogP contribution >= 0.6 is 0 Å². The molecule has 0 fully saturated rings. The number of rotatable bonds is 3. The summed E-state index contributed by atoms with van der Waals surface area (Å²) in [5.41, 5.74) is 5.95. The van der Waals surface area contributed by atoms with Crippen molar-refractivity contribution in [1.82, 2.24) is 4.98 Å². The first-order valence-electron chi connectivity index (χ1n) is 10.3. The number of amides is 1. The molecule has 0 bridgehead atoms. The molecule has 0 saturated heterocycles. The third-order valence-corrected chi connectivity index (χ3v) is 7.20. The second-order valence-corrected chi connectivity index (χ2v) is 9.96. The molecule has 0 radical (unpaired) electrons. The van der Waals surface area contributed by atoms with Crippen LogP contribution in [-0.2, 0) is 34.1 Å². The van der Waals surface area contributed by atoms with Crippen LogP contribution in [0.15, 0.2) is 65.7 Å². The lowest BCUT2D eigenvalue weighted by Gasteiger charge is -2.26. The van der Waals surface area contributed by atoms with Gasteiger partial charge in [-0.2, -0.15) is 0 Å². The third kappa shape index (κ3) is 3.54. The molecule has 6 nitrogen and oxygen atoms in total. The largest absolute Gasteiger partial charge is 0.309 e. The van der Waals surface area contributed by atoms with Crippen molar-refractivity contribution < 1.29 is 13.2 Å². The van der Waals surface area contributed by atoms with Gasteiger partial charge in [0.25, 0.3) is 0 Å². The Kier molecular flexibility index (Phi) is 4.68. The number of aromatic nitrogens is 1. The van der Waals surface area contributed by atoms with E-state index < -0.39 is 10.0 Å². The van der Waals surface area contributed by atoms with Crippen molar-refractivity contribution in [3.8, 4) is 11.3 Å². The van der Waals surface area contributed by atoms with Crippen LogP contribution in [0.5, 0.6) is 0 Å². The van der Waals surface area contributed by atoms with Gasteiger partial charge in [-0.25, -0.2) is 13.6 Å². The summed E-state index contributed by atoms with van der Waals surface area (Å²) in [6.45, 7) is 2.00. The predicted octanol–water partition coefficient (Wildman–Crippen LogP) is 3.09. The summed E-state index contributed by atoms with van der Waals surface area (Å²) in [6.07, 6.45) is 3.83. The van der Waals surface area contributed by atoms with E-state index in [0.29, 0.717) is 24.9 Å². The minimum Gasteiger partial charge on any atom is -0.309 e. The van der Waals surface area contributed by atoms with Crippen molar-refractivity contribution >= 4 is 21.6 Å². The maximum Gasteiger partial charge on any atom is 0.238 e. The number of fused-ring (bicyclic) bond motifs is 2. The summed E-state index contributed by atoms with van der Waals surface area (Å²) in [6, 6.07) is 16.9. The van der Waals surface area contributed by atoms with Crippen molar-refractivity contribution in [2.24, 2.45) is 11.1 Å². The van der Waals surface area contributed by atoms with Crippen molar-refractivity contribution in [3.63, 3.8) is 0 Å². The van der Waals surface area contributed by atoms with Crippen LogP contribution in [-0.4, -0.2) is 25.4 Å². The second kappa shape index (κ2) is 7.28. The molecule has 31 heavy (non-hydrogen) atoms. The first-order valence-corrected chi connectivity index (χ1v) is 11.9. The topological polar surface area (TPSA) is 93.4 Å². The average molecular weight is 434 g/mol. The van der Waals surface area contributed by atoms with Gasteiger partial charge in [-0.05, 0) is 73.2 Å². The second-order valence-electron chi connectivity index (χ2n) is 8.40. The number of hydrogen-bond acceptors (Lipinski definition) is 4. The number of anilines is 1. The van der Waals surface area contributed by atoms with Gasteiger partial charge in [0.05, 0.1) is 10.6 Å². The number of pyridine rings is 1. The Hall–Kier alpha value is -3.03. The summed E-state index contributed by atoms with van der Waals surface area (Å²) in [7, 11) is -3.83. The Bertz CT molecular complexity index is 1290. The Morgan fingerprint density at radius 2 is 1.77 bits per heavy atom. The van der Waals surface area contributed by atoms with E-state index in [1.165, 1.54) is 23.3 Å². The van der Waals surface area contributed by atoms with E-state index in [2.05, 4.69) is 23.2 Å². The molecule has 1 aliphatic heterocycles. The number of nitrogens with two attached hydrogens (primary N) is 1. The predicted molar refractivity (Wildman–Crippen MR) is 119 cm³/mol.